The second-order valence-electron chi connectivity index (χ2n) is 4.27. The molecule has 0 aromatic carbocycles. The molecule has 0 radical (unpaired) electrons. The van der Waals surface area contributed by atoms with Gasteiger partial charge in [-0.3, -0.25) is 5.32 Å². The lowest BCUT2D eigenvalue weighted by Crippen LogP contribution is -2.40. The summed E-state index contributed by atoms with van der Waals surface area (Å²) in [6, 6.07) is 0. The van der Waals surface area contributed by atoms with Gasteiger partial charge in [0.2, 0.25) is 0 Å². The van der Waals surface area contributed by atoms with Crippen LogP contribution in [-0.4, -0.2) is 30.4 Å². The van der Waals surface area contributed by atoms with Gasteiger partial charge in [0.25, 0.3) is 0 Å². The highest BCUT2D eigenvalue weighted by Gasteiger charge is 2.32. The number of nitrogens with one attached hydrogen (secondary N) is 1. The largest absolute Gasteiger partial charge is 0.360 e. The van der Waals surface area contributed by atoms with Crippen LogP contribution in [0.3, 0.4) is 0 Å². The lowest BCUT2D eigenvalue weighted by atomic mass is 9.93. The van der Waals surface area contributed by atoms with E-state index >= 15 is 0 Å². The zero-order valence-corrected chi connectivity index (χ0v) is 9.16. The number of ether oxygens (including phenoxy) is 1. The Morgan fingerprint density at radius 2 is 2.23 bits per heavy atom. The lowest BCUT2D eigenvalue weighted by Gasteiger charge is -2.30. The third-order valence-corrected chi connectivity index (χ3v) is 4.09. The predicted molar refractivity (Wildman–Crippen MR) is 57.0 cm³/mol. The van der Waals surface area contributed by atoms with Gasteiger partial charge in [0, 0.05) is 6.54 Å². The highest BCUT2D eigenvalue weighted by Crippen LogP contribution is 2.31. The minimum atomic E-state index is -0.00727. The van der Waals surface area contributed by atoms with Gasteiger partial charge in [0.05, 0.1) is 6.61 Å². The molecule has 0 bridgehead atoms. The molecule has 76 valence electrons. The first-order chi connectivity index (χ1) is 6.29. The fourth-order valence-electron chi connectivity index (χ4n) is 2.28. The Bertz CT molecular complexity index is 162. The molecule has 0 aromatic heterocycles. The summed E-state index contributed by atoms with van der Waals surface area (Å²) in [6.45, 7) is 4.11. The average Bonchev–Trinajstić information content (AvgIpc) is 2.54. The van der Waals surface area contributed by atoms with Crippen LogP contribution in [0.2, 0.25) is 0 Å². The molecule has 2 aliphatic rings. The van der Waals surface area contributed by atoms with E-state index in [0.717, 1.165) is 19.1 Å². The molecule has 2 rings (SSSR count). The monoisotopic (exact) mass is 201 g/mol. The summed E-state index contributed by atoms with van der Waals surface area (Å²) in [5.41, 5.74) is -0.00727. The average molecular weight is 201 g/mol. The van der Waals surface area contributed by atoms with Crippen LogP contribution < -0.4 is 5.32 Å². The van der Waals surface area contributed by atoms with Crippen LogP contribution >= 0.6 is 11.8 Å². The van der Waals surface area contributed by atoms with Crippen LogP contribution in [0.15, 0.2) is 0 Å². The van der Waals surface area contributed by atoms with Gasteiger partial charge in [-0.2, -0.15) is 11.8 Å². The van der Waals surface area contributed by atoms with Crippen LogP contribution in [0.4, 0.5) is 0 Å². The van der Waals surface area contributed by atoms with Gasteiger partial charge < -0.3 is 4.74 Å². The van der Waals surface area contributed by atoms with Gasteiger partial charge in [-0.05, 0) is 43.6 Å². The summed E-state index contributed by atoms with van der Waals surface area (Å²) in [5, 5.41) is 3.45. The minimum Gasteiger partial charge on any atom is -0.360 e. The maximum absolute atomic E-state index is 5.73. The highest BCUT2D eigenvalue weighted by molar-refractivity contribution is 7.99. The Labute approximate surface area is 84.8 Å². The van der Waals surface area contributed by atoms with E-state index in [1.165, 1.54) is 30.8 Å². The van der Waals surface area contributed by atoms with Crippen LogP contribution in [0.25, 0.3) is 0 Å². The van der Waals surface area contributed by atoms with E-state index in [0.29, 0.717) is 0 Å². The van der Waals surface area contributed by atoms with Gasteiger partial charge >= 0.3 is 0 Å². The van der Waals surface area contributed by atoms with E-state index in [1.54, 1.807) is 0 Å². The SMILES string of the molecule is CC1(CC2CCSCC2)NCCO1. The van der Waals surface area contributed by atoms with Crippen molar-refractivity contribution in [3.63, 3.8) is 0 Å². The summed E-state index contributed by atoms with van der Waals surface area (Å²) in [4.78, 5) is 0. The maximum Gasteiger partial charge on any atom is 0.116 e. The van der Waals surface area contributed by atoms with Crippen molar-refractivity contribution in [2.24, 2.45) is 5.92 Å². The zero-order chi connectivity index (χ0) is 9.15. The Balaban J connectivity index is 1.81. The van der Waals surface area contributed by atoms with E-state index in [-0.39, 0.29) is 5.72 Å². The number of hydrogen-bond donors (Lipinski definition) is 1. The molecule has 1 atom stereocenters. The van der Waals surface area contributed by atoms with E-state index < -0.39 is 0 Å². The molecule has 1 unspecified atom stereocenters. The standard InChI is InChI=1S/C10H19NOS/c1-10(11-4-5-12-10)8-9-2-6-13-7-3-9/h9,11H,2-8H2,1H3. The highest BCUT2D eigenvalue weighted by atomic mass is 32.2. The number of hydrogen-bond acceptors (Lipinski definition) is 3. The molecular formula is C10H19NOS. The third-order valence-electron chi connectivity index (χ3n) is 3.04. The minimum absolute atomic E-state index is 0.00727. The Hall–Kier alpha value is 0.270. The topological polar surface area (TPSA) is 21.3 Å². The molecule has 0 saturated carbocycles. The fraction of sp³-hybridized carbons (Fsp3) is 1.00. The number of thioether (sulfide) groups is 1. The Morgan fingerprint density at radius 3 is 2.85 bits per heavy atom. The Morgan fingerprint density at radius 1 is 1.46 bits per heavy atom. The molecule has 2 saturated heterocycles. The quantitative estimate of drug-likeness (QED) is 0.737. The lowest BCUT2D eigenvalue weighted by molar-refractivity contribution is -0.0143. The van der Waals surface area contributed by atoms with Gasteiger partial charge in [0.1, 0.15) is 5.72 Å². The normalized spacial score (nSPS) is 36.7. The molecule has 2 aliphatic heterocycles. The predicted octanol–water partition coefficient (Wildman–Crippen LogP) is 1.86. The molecule has 2 heterocycles. The molecule has 13 heavy (non-hydrogen) atoms. The molecule has 2 fully saturated rings. The van der Waals surface area contributed by atoms with E-state index in [9.17, 15) is 0 Å². The van der Waals surface area contributed by atoms with Gasteiger partial charge in [-0.25, -0.2) is 0 Å². The van der Waals surface area contributed by atoms with Gasteiger partial charge in [-0.15, -0.1) is 0 Å². The van der Waals surface area contributed by atoms with E-state index in [1.807, 2.05) is 0 Å². The first-order valence-electron chi connectivity index (χ1n) is 5.25. The third kappa shape index (κ3) is 2.61. The summed E-state index contributed by atoms with van der Waals surface area (Å²) < 4.78 is 5.73. The molecule has 0 spiro atoms. The van der Waals surface area contributed by atoms with Gasteiger partial charge in [0.15, 0.2) is 0 Å². The van der Waals surface area contributed by atoms with Crippen molar-refractivity contribution in [2.75, 3.05) is 24.7 Å². The molecule has 3 heteroatoms. The van der Waals surface area contributed by atoms with E-state index in [4.69, 9.17) is 4.74 Å². The van der Waals surface area contributed by atoms with Crippen molar-refractivity contribution >= 4 is 11.8 Å². The van der Waals surface area contributed by atoms with Crippen molar-refractivity contribution < 1.29 is 4.74 Å². The summed E-state index contributed by atoms with van der Waals surface area (Å²) in [7, 11) is 0. The van der Waals surface area contributed by atoms with Crippen molar-refractivity contribution in [3.8, 4) is 0 Å². The first-order valence-corrected chi connectivity index (χ1v) is 6.41. The summed E-state index contributed by atoms with van der Waals surface area (Å²) in [6.07, 6.45) is 3.96. The Kier molecular flexibility index (Phi) is 3.17. The molecule has 2 nitrogen and oxygen atoms in total. The van der Waals surface area contributed by atoms with Crippen molar-refractivity contribution in [2.45, 2.75) is 31.9 Å². The van der Waals surface area contributed by atoms with Gasteiger partial charge in [-0.1, -0.05) is 0 Å². The number of rotatable bonds is 2. The molecule has 1 N–H and O–H groups in total. The zero-order valence-electron chi connectivity index (χ0n) is 8.34. The maximum atomic E-state index is 5.73. The van der Waals surface area contributed by atoms with Crippen LogP contribution in [-0.2, 0) is 4.74 Å². The molecule has 0 aromatic rings. The fourth-order valence-corrected chi connectivity index (χ4v) is 3.48. The smallest absolute Gasteiger partial charge is 0.116 e. The molecule has 0 amide bonds. The second-order valence-corrected chi connectivity index (χ2v) is 5.49. The second kappa shape index (κ2) is 4.20. The first kappa shape index (κ1) is 9.81. The van der Waals surface area contributed by atoms with Crippen LogP contribution in [0, 0.1) is 5.92 Å². The van der Waals surface area contributed by atoms with E-state index in [2.05, 4.69) is 24.0 Å². The van der Waals surface area contributed by atoms with Crippen molar-refractivity contribution in [1.29, 1.82) is 0 Å². The van der Waals surface area contributed by atoms with Crippen LogP contribution in [0.1, 0.15) is 26.2 Å². The molecular weight excluding hydrogens is 182 g/mol. The van der Waals surface area contributed by atoms with Crippen molar-refractivity contribution in [3.05, 3.63) is 0 Å². The summed E-state index contributed by atoms with van der Waals surface area (Å²) in [5.74, 6) is 3.58. The van der Waals surface area contributed by atoms with Crippen molar-refractivity contribution in [1.82, 2.24) is 5.32 Å². The van der Waals surface area contributed by atoms with Crippen LogP contribution in [0.5, 0.6) is 0 Å². The molecule has 0 aliphatic carbocycles. The summed E-state index contributed by atoms with van der Waals surface area (Å²) >= 11 is 2.09.